The summed E-state index contributed by atoms with van der Waals surface area (Å²) in [6.07, 6.45) is 11.1. The summed E-state index contributed by atoms with van der Waals surface area (Å²) in [6, 6.07) is 0. The van der Waals surface area contributed by atoms with Crippen LogP contribution in [0.4, 0.5) is 0 Å². The maximum Gasteiger partial charge on any atom is -0.0170 e. The van der Waals surface area contributed by atoms with Gasteiger partial charge in [0.2, 0.25) is 0 Å². The SMILES string of the molecule is CC(C)[C@@H]1CC[C@@H](C)C[C@@H]1C1=CCCC1. The summed E-state index contributed by atoms with van der Waals surface area (Å²) in [7, 11) is 0. The maximum atomic E-state index is 2.55. The van der Waals surface area contributed by atoms with Gasteiger partial charge in [0.25, 0.3) is 0 Å². The third-order valence-electron chi connectivity index (χ3n) is 4.57. The van der Waals surface area contributed by atoms with Crippen molar-refractivity contribution < 1.29 is 0 Å². The van der Waals surface area contributed by atoms with E-state index in [0.29, 0.717) is 0 Å². The van der Waals surface area contributed by atoms with E-state index in [1.54, 1.807) is 0 Å². The van der Waals surface area contributed by atoms with Crippen molar-refractivity contribution in [1.29, 1.82) is 0 Å². The van der Waals surface area contributed by atoms with Crippen LogP contribution in [0.2, 0.25) is 0 Å². The summed E-state index contributed by atoms with van der Waals surface area (Å²) in [5.41, 5.74) is 1.82. The molecule has 0 heteroatoms. The van der Waals surface area contributed by atoms with Crippen molar-refractivity contribution in [3.05, 3.63) is 11.6 Å². The van der Waals surface area contributed by atoms with Crippen molar-refractivity contribution in [2.24, 2.45) is 23.7 Å². The Labute approximate surface area is 95.1 Å². The number of hydrogen-bond acceptors (Lipinski definition) is 0. The van der Waals surface area contributed by atoms with Crippen molar-refractivity contribution >= 4 is 0 Å². The normalized spacial score (nSPS) is 37.1. The van der Waals surface area contributed by atoms with Gasteiger partial charge in [0, 0.05) is 0 Å². The Morgan fingerprint density at radius 2 is 2.07 bits per heavy atom. The van der Waals surface area contributed by atoms with Crippen LogP contribution in [-0.2, 0) is 0 Å². The summed E-state index contributed by atoms with van der Waals surface area (Å²) in [6.45, 7) is 7.28. The van der Waals surface area contributed by atoms with Gasteiger partial charge < -0.3 is 0 Å². The first-order valence-electron chi connectivity index (χ1n) is 6.87. The first kappa shape index (κ1) is 11.2. The molecule has 0 aromatic carbocycles. The van der Waals surface area contributed by atoms with E-state index in [9.17, 15) is 0 Å². The molecule has 0 nitrogen and oxygen atoms in total. The van der Waals surface area contributed by atoms with Crippen molar-refractivity contribution in [2.45, 2.75) is 59.3 Å². The summed E-state index contributed by atoms with van der Waals surface area (Å²) in [4.78, 5) is 0. The van der Waals surface area contributed by atoms with Crippen LogP contribution in [0, 0.1) is 23.7 Å². The Balaban J connectivity index is 2.09. The second kappa shape index (κ2) is 4.72. The van der Waals surface area contributed by atoms with E-state index in [1.165, 1.54) is 38.5 Å². The fourth-order valence-electron chi connectivity index (χ4n) is 3.66. The molecule has 1 fully saturated rings. The van der Waals surface area contributed by atoms with Gasteiger partial charge in [0.15, 0.2) is 0 Å². The highest BCUT2D eigenvalue weighted by Gasteiger charge is 2.33. The topological polar surface area (TPSA) is 0 Å². The molecule has 1 saturated carbocycles. The molecule has 0 aliphatic heterocycles. The highest BCUT2D eigenvalue weighted by molar-refractivity contribution is 5.14. The molecular weight excluding hydrogens is 180 g/mol. The molecule has 2 aliphatic carbocycles. The standard InChI is InChI=1S/C15H26/c1-11(2)14-9-8-12(3)10-15(14)13-6-4-5-7-13/h6,11-12,14-15H,4-5,7-10H2,1-3H3/t12-,14+,15-/m1/s1. The molecule has 0 amide bonds. The van der Waals surface area contributed by atoms with Crippen LogP contribution in [-0.4, -0.2) is 0 Å². The van der Waals surface area contributed by atoms with Crippen molar-refractivity contribution in [3.63, 3.8) is 0 Å². The van der Waals surface area contributed by atoms with Crippen LogP contribution < -0.4 is 0 Å². The fraction of sp³-hybridized carbons (Fsp3) is 0.867. The molecule has 0 aromatic rings. The van der Waals surface area contributed by atoms with Crippen LogP contribution in [0.25, 0.3) is 0 Å². The van der Waals surface area contributed by atoms with Gasteiger partial charge in [-0.15, -0.1) is 0 Å². The number of rotatable bonds is 2. The van der Waals surface area contributed by atoms with Crippen molar-refractivity contribution in [3.8, 4) is 0 Å². The Morgan fingerprint density at radius 1 is 1.27 bits per heavy atom. The lowest BCUT2D eigenvalue weighted by molar-refractivity contribution is 0.168. The molecule has 0 bridgehead atoms. The predicted octanol–water partition coefficient (Wildman–Crippen LogP) is 4.81. The lowest BCUT2D eigenvalue weighted by Gasteiger charge is -2.38. The van der Waals surface area contributed by atoms with E-state index < -0.39 is 0 Å². The zero-order valence-corrected chi connectivity index (χ0v) is 10.6. The Kier molecular flexibility index (Phi) is 3.53. The first-order chi connectivity index (χ1) is 7.18. The highest BCUT2D eigenvalue weighted by Crippen LogP contribution is 2.44. The Morgan fingerprint density at radius 3 is 2.67 bits per heavy atom. The van der Waals surface area contributed by atoms with Gasteiger partial charge in [-0.1, -0.05) is 38.8 Å². The molecule has 2 aliphatic rings. The van der Waals surface area contributed by atoms with Crippen LogP contribution in [0.5, 0.6) is 0 Å². The van der Waals surface area contributed by atoms with Crippen LogP contribution in [0.1, 0.15) is 59.3 Å². The van der Waals surface area contributed by atoms with Crippen molar-refractivity contribution in [2.75, 3.05) is 0 Å². The molecule has 0 heterocycles. The van der Waals surface area contributed by atoms with E-state index >= 15 is 0 Å². The Bertz CT molecular complexity index is 236. The van der Waals surface area contributed by atoms with Gasteiger partial charge in [0.05, 0.1) is 0 Å². The van der Waals surface area contributed by atoms with E-state index in [2.05, 4.69) is 26.8 Å². The summed E-state index contributed by atoms with van der Waals surface area (Å²) in [5.74, 6) is 3.76. The molecule has 86 valence electrons. The maximum absolute atomic E-state index is 2.55. The van der Waals surface area contributed by atoms with Gasteiger partial charge in [-0.05, 0) is 55.8 Å². The second-order valence-corrected chi connectivity index (χ2v) is 6.10. The third-order valence-corrected chi connectivity index (χ3v) is 4.57. The zero-order chi connectivity index (χ0) is 10.8. The van der Waals surface area contributed by atoms with E-state index in [-0.39, 0.29) is 0 Å². The molecule has 0 spiro atoms. The largest absolute Gasteiger partial charge is 0.0850 e. The van der Waals surface area contributed by atoms with Crippen molar-refractivity contribution in [1.82, 2.24) is 0 Å². The monoisotopic (exact) mass is 206 g/mol. The fourth-order valence-corrected chi connectivity index (χ4v) is 3.66. The van der Waals surface area contributed by atoms with Gasteiger partial charge >= 0.3 is 0 Å². The molecule has 0 aromatic heterocycles. The van der Waals surface area contributed by atoms with Crippen LogP contribution in [0.3, 0.4) is 0 Å². The van der Waals surface area contributed by atoms with Crippen LogP contribution >= 0.6 is 0 Å². The molecular formula is C15H26. The molecule has 0 radical (unpaired) electrons. The summed E-state index contributed by atoms with van der Waals surface area (Å²) >= 11 is 0. The average Bonchev–Trinajstić information content (AvgIpc) is 2.69. The van der Waals surface area contributed by atoms with Gasteiger partial charge in [-0.2, -0.15) is 0 Å². The minimum Gasteiger partial charge on any atom is -0.0850 e. The second-order valence-electron chi connectivity index (χ2n) is 6.10. The van der Waals surface area contributed by atoms with Gasteiger partial charge in [-0.25, -0.2) is 0 Å². The first-order valence-corrected chi connectivity index (χ1v) is 6.87. The van der Waals surface area contributed by atoms with E-state index in [1.807, 2.05) is 5.57 Å². The van der Waals surface area contributed by atoms with Gasteiger partial charge in [0.1, 0.15) is 0 Å². The van der Waals surface area contributed by atoms with E-state index in [4.69, 9.17) is 0 Å². The minimum atomic E-state index is 0.879. The quantitative estimate of drug-likeness (QED) is 0.569. The van der Waals surface area contributed by atoms with Crippen LogP contribution in [0.15, 0.2) is 11.6 Å². The number of allylic oxidation sites excluding steroid dienone is 2. The lowest BCUT2D eigenvalue weighted by atomic mass is 9.67. The molecule has 0 N–H and O–H groups in total. The lowest BCUT2D eigenvalue weighted by Crippen LogP contribution is -2.28. The minimum absolute atomic E-state index is 0.879. The van der Waals surface area contributed by atoms with Gasteiger partial charge in [-0.3, -0.25) is 0 Å². The smallest absolute Gasteiger partial charge is 0.0170 e. The zero-order valence-electron chi connectivity index (χ0n) is 10.6. The Hall–Kier alpha value is -0.260. The molecule has 0 unspecified atom stereocenters. The van der Waals surface area contributed by atoms with E-state index in [0.717, 1.165) is 23.7 Å². The molecule has 2 rings (SSSR count). The average molecular weight is 206 g/mol. The highest BCUT2D eigenvalue weighted by atomic mass is 14.4. The predicted molar refractivity (Wildman–Crippen MR) is 66.8 cm³/mol. The molecule has 0 saturated heterocycles. The molecule has 3 atom stereocenters. The summed E-state index contributed by atoms with van der Waals surface area (Å²) in [5, 5.41) is 0. The summed E-state index contributed by atoms with van der Waals surface area (Å²) < 4.78 is 0. The third kappa shape index (κ3) is 2.46. The molecule has 15 heavy (non-hydrogen) atoms. The number of hydrogen-bond donors (Lipinski definition) is 0.